The lowest BCUT2D eigenvalue weighted by atomic mass is 10.2. The Labute approximate surface area is 139 Å². The first-order valence-corrected chi connectivity index (χ1v) is 9.00. The highest BCUT2D eigenvalue weighted by atomic mass is 32.1. The lowest BCUT2D eigenvalue weighted by molar-refractivity contribution is 0.0954. The van der Waals surface area contributed by atoms with E-state index in [-0.39, 0.29) is 5.91 Å². The van der Waals surface area contributed by atoms with Gasteiger partial charge in [-0.3, -0.25) is 19.7 Å². The van der Waals surface area contributed by atoms with Crippen LogP contribution in [0.25, 0.3) is 0 Å². The Morgan fingerprint density at radius 2 is 2.17 bits per heavy atom. The molecule has 1 fully saturated rings. The van der Waals surface area contributed by atoms with Gasteiger partial charge in [-0.05, 0) is 24.5 Å². The number of hydrogen-bond donors (Lipinski definition) is 1. The van der Waals surface area contributed by atoms with E-state index in [9.17, 15) is 4.79 Å². The molecule has 1 aliphatic heterocycles. The van der Waals surface area contributed by atoms with Crippen LogP contribution in [0.2, 0.25) is 0 Å². The first-order chi connectivity index (χ1) is 11.3. The summed E-state index contributed by atoms with van der Waals surface area (Å²) >= 11 is 1.64. The molecule has 0 atom stereocenters. The first kappa shape index (κ1) is 14.8. The van der Waals surface area contributed by atoms with E-state index in [2.05, 4.69) is 26.3 Å². The maximum absolute atomic E-state index is 12.3. The Bertz CT molecular complexity index is 670. The zero-order valence-corrected chi connectivity index (χ0v) is 13.8. The molecule has 0 radical (unpaired) electrons. The third-order valence-corrected chi connectivity index (χ3v) is 5.89. The summed E-state index contributed by atoms with van der Waals surface area (Å²) in [6, 6.07) is 2.82. The van der Waals surface area contributed by atoms with Crippen LogP contribution in [0.15, 0.2) is 24.7 Å². The fourth-order valence-electron chi connectivity index (χ4n) is 3.51. The highest BCUT2D eigenvalue weighted by Gasteiger charge is 2.30. The third kappa shape index (κ3) is 3.14. The number of thiophene rings is 1. The van der Waals surface area contributed by atoms with E-state index in [0.717, 1.165) is 29.7 Å². The molecule has 2 aromatic rings. The highest BCUT2D eigenvalue weighted by Crippen LogP contribution is 2.35. The van der Waals surface area contributed by atoms with Crippen molar-refractivity contribution in [2.45, 2.75) is 51.4 Å². The molecule has 2 aromatic heterocycles. The number of carbonyl (C=O) groups is 1. The minimum absolute atomic E-state index is 0.0116. The number of nitrogens with zero attached hydrogens (tertiary/aromatic N) is 3. The Morgan fingerprint density at radius 1 is 1.30 bits per heavy atom. The summed E-state index contributed by atoms with van der Waals surface area (Å²) in [5, 5.41) is 2.93. The van der Waals surface area contributed by atoms with Gasteiger partial charge in [0, 0.05) is 36.4 Å². The van der Waals surface area contributed by atoms with Crippen molar-refractivity contribution in [1.82, 2.24) is 20.2 Å². The lowest BCUT2D eigenvalue weighted by Gasteiger charge is -2.22. The van der Waals surface area contributed by atoms with Gasteiger partial charge < -0.3 is 5.32 Å². The average molecular weight is 328 g/mol. The summed E-state index contributed by atoms with van der Waals surface area (Å²) in [7, 11) is 0. The number of rotatable bonds is 4. The number of nitrogens with one attached hydrogen (secondary N) is 1. The molecule has 0 aromatic carbocycles. The molecule has 6 heteroatoms. The Hall–Kier alpha value is -1.79. The van der Waals surface area contributed by atoms with Crippen molar-refractivity contribution in [3.63, 3.8) is 0 Å². The molecular formula is C17H20N4OS. The number of aromatic nitrogens is 2. The second-order valence-electron chi connectivity index (χ2n) is 6.28. The monoisotopic (exact) mass is 328 g/mol. The van der Waals surface area contributed by atoms with E-state index in [1.165, 1.54) is 36.1 Å². The molecule has 5 nitrogen and oxygen atoms in total. The molecule has 23 heavy (non-hydrogen) atoms. The zero-order chi connectivity index (χ0) is 15.6. The normalized spacial score (nSPS) is 18.3. The third-order valence-electron chi connectivity index (χ3n) is 4.73. The van der Waals surface area contributed by atoms with Crippen molar-refractivity contribution in [3.05, 3.63) is 45.7 Å². The Balaban J connectivity index is 1.36. The molecule has 0 unspecified atom stereocenters. The van der Waals surface area contributed by atoms with Crippen LogP contribution in [0.4, 0.5) is 0 Å². The van der Waals surface area contributed by atoms with Gasteiger partial charge in [0.25, 0.3) is 5.91 Å². The van der Waals surface area contributed by atoms with Crippen molar-refractivity contribution < 1.29 is 4.79 Å². The fourth-order valence-corrected chi connectivity index (χ4v) is 4.63. The maximum Gasteiger partial charge on any atom is 0.261 e. The molecule has 1 aliphatic carbocycles. The molecule has 1 N–H and O–H groups in total. The Kier molecular flexibility index (Phi) is 4.10. The molecule has 1 saturated carbocycles. The molecule has 0 spiro atoms. The van der Waals surface area contributed by atoms with Crippen LogP contribution in [0, 0.1) is 0 Å². The van der Waals surface area contributed by atoms with Gasteiger partial charge in [-0.25, -0.2) is 0 Å². The van der Waals surface area contributed by atoms with Crippen LogP contribution in [0.3, 0.4) is 0 Å². The zero-order valence-electron chi connectivity index (χ0n) is 13.0. The van der Waals surface area contributed by atoms with Gasteiger partial charge in [-0.2, -0.15) is 0 Å². The summed E-state index contributed by atoms with van der Waals surface area (Å²) in [6.45, 7) is 2.44. The SMILES string of the molecule is O=C(NCc1cnccn1)c1cc2c(s1)CN(C1CCCC1)C2. The summed E-state index contributed by atoms with van der Waals surface area (Å²) < 4.78 is 0. The second kappa shape index (κ2) is 6.37. The predicted octanol–water partition coefficient (Wildman–Crippen LogP) is 2.73. The van der Waals surface area contributed by atoms with E-state index in [0.29, 0.717) is 6.54 Å². The van der Waals surface area contributed by atoms with E-state index in [1.807, 2.05) is 0 Å². The molecular weight excluding hydrogens is 308 g/mol. The van der Waals surface area contributed by atoms with Gasteiger partial charge in [0.05, 0.1) is 23.3 Å². The van der Waals surface area contributed by atoms with Gasteiger partial charge in [-0.1, -0.05) is 12.8 Å². The summed E-state index contributed by atoms with van der Waals surface area (Å²) in [5.41, 5.74) is 2.11. The minimum Gasteiger partial charge on any atom is -0.346 e. The molecule has 0 saturated heterocycles. The number of hydrogen-bond acceptors (Lipinski definition) is 5. The van der Waals surface area contributed by atoms with Gasteiger partial charge in [0.15, 0.2) is 0 Å². The van der Waals surface area contributed by atoms with Gasteiger partial charge in [0.2, 0.25) is 0 Å². The van der Waals surface area contributed by atoms with E-state index >= 15 is 0 Å². The summed E-state index contributed by atoms with van der Waals surface area (Å²) in [4.78, 5) is 25.2. The topological polar surface area (TPSA) is 58.1 Å². The molecule has 2 aliphatic rings. The predicted molar refractivity (Wildman–Crippen MR) is 89.0 cm³/mol. The van der Waals surface area contributed by atoms with Crippen LogP contribution in [0.5, 0.6) is 0 Å². The molecule has 3 heterocycles. The average Bonchev–Trinajstić information content (AvgIpc) is 3.28. The standard InChI is InChI=1S/C17H20N4OS/c22-17(20-9-13-8-18-5-6-19-13)15-7-12-10-21(11-16(12)23-15)14-3-1-2-4-14/h5-8,14H,1-4,9-11H2,(H,20,22). The summed E-state index contributed by atoms with van der Waals surface area (Å²) in [5.74, 6) is -0.0116. The minimum atomic E-state index is -0.0116. The molecule has 120 valence electrons. The molecule has 1 amide bonds. The van der Waals surface area contributed by atoms with E-state index < -0.39 is 0 Å². The van der Waals surface area contributed by atoms with Gasteiger partial charge in [-0.15, -0.1) is 11.3 Å². The maximum atomic E-state index is 12.3. The first-order valence-electron chi connectivity index (χ1n) is 8.18. The van der Waals surface area contributed by atoms with Gasteiger partial charge >= 0.3 is 0 Å². The molecule has 0 bridgehead atoms. The quantitative estimate of drug-likeness (QED) is 0.937. The van der Waals surface area contributed by atoms with Gasteiger partial charge in [0.1, 0.15) is 0 Å². The Morgan fingerprint density at radius 3 is 2.91 bits per heavy atom. The summed E-state index contributed by atoms with van der Waals surface area (Å²) in [6.07, 6.45) is 10.3. The second-order valence-corrected chi connectivity index (χ2v) is 7.42. The largest absolute Gasteiger partial charge is 0.346 e. The smallest absolute Gasteiger partial charge is 0.261 e. The van der Waals surface area contributed by atoms with Crippen LogP contribution < -0.4 is 5.32 Å². The van der Waals surface area contributed by atoms with Crippen molar-refractivity contribution in [3.8, 4) is 0 Å². The van der Waals surface area contributed by atoms with Crippen LogP contribution in [-0.4, -0.2) is 26.8 Å². The number of carbonyl (C=O) groups excluding carboxylic acids is 1. The van der Waals surface area contributed by atoms with E-state index in [1.54, 1.807) is 29.9 Å². The van der Waals surface area contributed by atoms with Crippen LogP contribution >= 0.6 is 11.3 Å². The highest BCUT2D eigenvalue weighted by molar-refractivity contribution is 7.14. The number of amides is 1. The van der Waals surface area contributed by atoms with Crippen molar-refractivity contribution in [2.24, 2.45) is 0 Å². The van der Waals surface area contributed by atoms with Crippen molar-refractivity contribution >= 4 is 17.2 Å². The van der Waals surface area contributed by atoms with Crippen LogP contribution in [-0.2, 0) is 19.6 Å². The van der Waals surface area contributed by atoms with Crippen LogP contribution in [0.1, 0.15) is 51.5 Å². The fraction of sp³-hybridized carbons (Fsp3) is 0.471. The molecule has 4 rings (SSSR count). The number of fused-ring (bicyclic) bond motifs is 1. The van der Waals surface area contributed by atoms with E-state index in [4.69, 9.17) is 0 Å². The van der Waals surface area contributed by atoms with Crippen molar-refractivity contribution in [2.75, 3.05) is 0 Å². The van der Waals surface area contributed by atoms with Crippen molar-refractivity contribution in [1.29, 1.82) is 0 Å². The lowest BCUT2D eigenvalue weighted by Crippen LogP contribution is -2.28.